The van der Waals surface area contributed by atoms with Crippen LogP contribution in [0.4, 0.5) is 8.78 Å². The monoisotopic (exact) mass is 667 g/mol. The number of carbonyl (C=O) groups is 1. The first-order valence-electron chi connectivity index (χ1n) is 17.5. The predicted molar refractivity (Wildman–Crippen MR) is 188 cm³/mol. The number of hydrogen-bond acceptors (Lipinski definition) is 7. The van der Waals surface area contributed by atoms with Crippen LogP contribution >= 0.6 is 12.1 Å². The number of benzene rings is 2. The molecule has 3 aromatic rings. The normalized spacial score (nSPS) is 20.3. The standard InChI is InChI=1S/C37H51F2N5O2S/c1-40-47-42(3)20-19-41(2)17-8-9-28-22-44-33-21-27(24-45)14-15-31(33)34(29-10-5-4-6-11-29)35(44)32-13-7-12-30(36(32)46-25-28)23-43-18-16-37(38,39)26-43/h7,12-15,21,24,28-29,40H,4-6,8-11,16-20,22-23,25-26H2,1-3H3/t28-/m1/s1. The summed E-state index contributed by atoms with van der Waals surface area (Å²) in [7, 11) is 6.22. The van der Waals surface area contributed by atoms with Crippen LogP contribution in [0.1, 0.15) is 78.8 Å². The van der Waals surface area contributed by atoms with Crippen LogP contribution in [0.25, 0.3) is 22.2 Å². The number of halogens is 2. The molecule has 0 spiro atoms. The molecule has 10 heteroatoms. The number of para-hydroxylation sites is 1. The molecule has 2 aromatic carbocycles. The summed E-state index contributed by atoms with van der Waals surface area (Å²) in [5.41, 5.74) is 6.41. The van der Waals surface area contributed by atoms with Crippen molar-refractivity contribution in [3.05, 3.63) is 53.1 Å². The zero-order valence-electron chi connectivity index (χ0n) is 28.3. The lowest BCUT2D eigenvalue weighted by Crippen LogP contribution is -2.30. The van der Waals surface area contributed by atoms with E-state index in [4.69, 9.17) is 4.74 Å². The summed E-state index contributed by atoms with van der Waals surface area (Å²) in [5, 5.41) is 1.23. The number of likely N-dealkylation sites (tertiary alicyclic amines) is 1. The van der Waals surface area contributed by atoms with Crippen molar-refractivity contribution >= 4 is 29.3 Å². The third-order valence-electron chi connectivity index (χ3n) is 10.4. The van der Waals surface area contributed by atoms with Gasteiger partial charge in [0, 0.05) is 84.8 Å². The molecule has 3 heterocycles. The van der Waals surface area contributed by atoms with Gasteiger partial charge in [-0.2, -0.15) is 0 Å². The second-order valence-corrected chi connectivity index (χ2v) is 15.2. The van der Waals surface area contributed by atoms with E-state index in [9.17, 15) is 13.6 Å². The molecule has 1 aliphatic carbocycles. The number of fused-ring (bicyclic) bond motifs is 5. The Balaban J connectivity index is 1.36. The lowest BCUT2D eigenvalue weighted by atomic mass is 9.81. The summed E-state index contributed by atoms with van der Waals surface area (Å²) in [6.07, 6.45) is 8.92. The van der Waals surface area contributed by atoms with E-state index in [1.54, 1.807) is 12.1 Å². The average molecular weight is 668 g/mol. The number of nitrogens with one attached hydrogen (secondary N) is 1. The Morgan fingerprint density at radius 2 is 1.94 bits per heavy atom. The van der Waals surface area contributed by atoms with Crippen molar-refractivity contribution < 1.29 is 18.3 Å². The molecule has 3 aliphatic rings. The van der Waals surface area contributed by atoms with Crippen LogP contribution in [0.5, 0.6) is 5.75 Å². The molecule has 1 saturated heterocycles. The molecule has 0 amide bonds. The van der Waals surface area contributed by atoms with Gasteiger partial charge in [-0.05, 0) is 77.0 Å². The number of aromatic nitrogens is 1. The average Bonchev–Trinajstić information content (AvgIpc) is 3.57. The van der Waals surface area contributed by atoms with Gasteiger partial charge >= 0.3 is 0 Å². The quantitative estimate of drug-likeness (QED) is 0.150. The number of ether oxygens (including phenoxy) is 1. The van der Waals surface area contributed by atoms with E-state index in [0.29, 0.717) is 31.2 Å². The van der Waals surface area contributed by atoms with Crippen molar-refractivity contribution in [3.8, 4) is 17.0 Å². The highest BCUT2D eigenvalue weighted by atomic mass is 32.2. The van der Waals surface area contributed by atoms with Crippen LogP contribution < -0.4 is 9.46 Å². The van der Waals surface area contributed by atoms with Crippen molar-refractivity contribution in [3.63, 3.8) is 0 Å². The predicted octanol–water partition coefficient (Wildman–Crippen LogP) is 7.44. The molecular formula is C37H51F2N5O2S. The van der Waals surface area contributed by atoms with E-state index in [2.05, 4.69) is 62.9 Å². The van der Waals surface area contributed by atoms with Crippen molar-refractivity contribution in [2.24, 2.45) is 5.92 Å². The van der Waals surface area contributed by atoms with Gasteiger partial charge in [-0.15, -0.1) is 0 Å². The zero-order valence-corrected chi connectivity index (χ0v) is 29.1. The van der Waals surface area contributed by atoms with Crippen molar-refractivity contribution in [2.75, 3.05) is 60.5 Å². The molecule has 1 aromatic heterocycles. The third-order valence-corrected chi connectivity index (χ3v) is 11.0. The maximum atomic E-state index is 14.2. The summed E-state index contributed by atoms with van der Waals surface area (Å²) in [5.74, 6) is -1.10. The molecule has 0 bridgehead atoms. The van der Waals surface area contributed by atoms with E-state index in [0.717, 1.165) is 80.5 Å². The number of hydrogen-bond donors (Lipinski definition) is 1. The fraction of sp³-hybridized carbons (Fsp3) is 0.595. The van der Waals surface area contributed by atoms with Crippen LogP contribution in [-0.4, -0.2) is 91.4 Å². The highest BCUT2D eigenvalue weighted by Gasteiger charge is 2.39. The number of carbonyl (C=O) groups excluding carboxylic acids is 1. The van der Waals surface area contributed by atoms with Crippen LogP contribution in [0.2, 0.25) is 0 Å². The maximum absolute atomic E-state index is 14.2. The topological polar surface area (TPSA) is 53.0 Å². The van der Waals surface area contributed by atoms with Crippen LogP contribution in [0.15, 0.2) is 36.4 Å². The minimum Gasteiger partial charge on any atom is -0.492 e. The number of rotatable bonds is 13. The number of aldehydes is 1. The Labute approximate surface area is 283 Å². The molecule has 6 rings (SSSR count). The second kappa shape index (κ2) is 15.4. The largest absolute Gasteiger partial charge is 0.492 e. The Kier molecular flexibility index (Phi) is 11.2. The van der Waals surface area contributed by atoms with E-state index < -0.39 is 5.92 Å². The Hall–Kier alpha value is -2.50. The smallest absolute Gasteiger partial charge is 0.261 e. The van der Waals surface area contributed by atoms with Gasteiger partial charge in [0.05, 0.1) is 18.8 Å². The van der Waals surface area contributed by atoms with E-state index >= 15 is 0 Å². The third kappa shape index (κ3) is 8.05. The van der Waals surface area contributed by atoms with Gasteiger partial charge in [0.15, 0.2) is 0 Å². The Morgan fingerprint density at radius 1 is 1.11 bits per heavy atom. The number of nitrogens with zero attached hydrogens (tertiary/aromatic N) is 4. The summed E-state index contributed by atoms with van der Waals surface area (Å²) >= 11 is 1.61. The highest BCUT2D eigenvalue weighted by molar-refractivity contribution is 7.95. The number of likely N-dealkylation sites (N-methyl/N-ethyl adjacent to an activating group) is 2. The Bertz CT molecular complexity index is 1520. The molecule has 2 aliphatic heterocycles. The molecule has 7 nitrogen and oxygen atoms in total. The van der Waals surface area contributed by atoms with E-state index in [1.807, 2.05) is 18.0 Å². The second-order valence-electron chi connectivity index (χ2n) is 14.0. The molecule has 0 radical (unpaired) electrons. The summed E-state index contributed by atoms with van der Waals surface area (Å²) in [6, 6.07) is 12.5. The van der Waals surface area contributed by atoms with Gasteiger partial charge in [-0.25, -0.2) is 13.1 Å². The summed E-state index contributed by atoms with van der Waals surface area (Å²) < 4.78 is 43.1. The lowest BCUT2D eigenvalue weighted by molar-refractivity contribution is 0.0114. The van der Waals surface area contributed by atoms with Crippen molar-refractivity contribution in [1.29, 1.82) is 0 Å². The number of alkyl halides is 2. The molecule has 1 saturated carbocycles. The van der Waals surface area contributed by atoms with Crippen LogP contribution in [-0.2, 0) is 13.1 Å². The Morgan fingerprint density at radius 3 is 2.68 bits per heavy atom. The summed E-state index contributed by atoms with van der Waals surface area (Å²) in [6.45, 7) is 4.97. The minimum absolute atomic E-state index is 0.0941. The first-order chi connectivity index (χ1) is 22.8. The highest BCUT2D eigenvalue weighted by Crippen LogP contribution is 2.48. The van der Waals surface area contributed by atoms with Gasteiger partial charge in [0.1, 0.15) is 12.0 Å². The maximum Gasteiger partial charge on any atom is 0.261 e. The van der Waals surface area contributed by atoms with Gasteiger partial charge in [-0.3, -0.25) is 14.4 Å². The SMILES string of the molecule is CNSN(C)CCN(C)CCC[C@H]1COc2c(CN3CCC(F)(F)C3)cccc2-c2c(C3CCCCC3)c3ccc(C=O)cc3n2C1. The molecule has 1 N–H and O–H groups in total. The van der Waals surface area contributed by atoms with Gasteiger partial charge in [0.2, 0.25) is 0 Å². The van der Waals surface area contributed by atoms with Crippen LogP contribution in [0.3, 0.4) is 0 Å². The van der Waals surface area contributed by atoms with Crippen molar-refractivity contribution in [1.82, 2.24) is 23.4 Å². The molecule has 1 atom stereocenters. The molecule has 47 heavy (non-hydrogen) atoms. The molecular weight excluding hydrogens is 617 g/mol. The first-order valence-corrected chi connectivity index (χ1v) is 18.2. The lowest BCUT2D eigenvalue weighted by Gasteiger charge is -2.30. The van der Waals surface area contributed by atoms with E-state index in [1.165, 1.54) is 35.9 Å². The first kappa shape index (κ1) is 34.4. The van der Waals surface area contributed by atoms with Crippen LogP contribution in [0, 0.1) is 5.92 Å². The van der Waals surface area contributed by atoms with Crippen molar-refractivity contribution in [2.45, 2.75) is 76.3 Å². The summed E-state index contributed by atoms with van der Waals surface area (Å²) in [4.78, 5) is 16.3. The fourth-order valence-corrected chi connectivity index (χ4v) is 8.45. The molecule has 256 valence electrons. The molecule has 0 unspecified atom stereocenters. The van der Waals surface area contributed by atoms with Gasteiger partial charge < -0.3 is 14.2 Å². The minimum atomic E-state index is -2.64. The van der Waals surface area contributed by atoms with Gasteiger partial charge in [0.25, 0.3) is 5.92 Å². The van der Waals surface area contributed by atoms with Gasteiger partial charge in [-0.1, -0.05) is 43.5 Å². The van der Waals surface area contributed by atoms with E-state index in [-0.39, 0.29) is 18.9 Å². The fourth-order valence-electron chi connectivity index (χ4n) is 7.96. The zero-order chi connectivity index (χ0) is 33.0. The molecule has 2 fully saturated rings.